The van der Waals surface area contributed by atoms with Crippen LogP contribution in [0.5, 0.6) is 5.75 Å². The van der Waals surface area contributed by atoms with Crippen molar-refractivity contribution in [2.45, 2.75) is 20.8 Å². The van der Waals surface area contributed by atoms with Crippen LogP contribution in [0.3, 0.4) is 0 Å². The van der Waals surface area contributed by atoms with Gasteiger partial charge in [-0.3, -0.25) is 0 Å². The van der Waals surface area contributed by atoms with Crippen LogP contribution < -0.4 is 0 Å². The standard InChI is InChI=1S/C9H12O.CH4O/c1-6-4-7(2)8(3)9(10)5-6;1-2/h4-5,10H,1-3H3;2H,1H3. The molecule has 0 saturated heterocycles. The molecule has 0 heterocycles. The van der Waals surface area contributed by atoms with Gasteiger partial charge in [-0.2, -0.15) is 0 Å². The number of benzene rings is 1. The van der Waals surface area contributed by atoms with Crippen molar-refractivity contribution in [1.29, 1.82) is 0 Å². The Bertz CT molecular complexity index is 231. The lowest BCUT2D eigenvalue weighted by molar-refractivity contribution is 0.399. The summed E-state index contributed by atoms with van der Waals surface area (Å²) >= 11 is 0. The van der Waals surface area contributed by atoms with E-state index in [9.17, 15) is 5.11 Å². The molecule has 0 radical (unpaired) electrons. The van der Waals surface area contributed by atoms with E-state index in [4.69, 9.17) is 5.11 Å². The lowest BCUT2D eigenvalue weighted by Crippen LogP contribution is -1.82. The second kappa shape index (κ2) is 4.78. The Balaban J connectivity index is 0.000000561. The van der Waals surface area contributed by atoms with Crippen LogP contribution in [0, 0.1) is 20.8 Å². The van der Waals surface area contributed by atoms with Gasteiger partial charge in [0, 0.05) is 7.11 Å². The van der Waals surface area contributed by atoms with E-state index in [1.165, 1.54) is 0 Å². The zero-order valence-electron chi connectivity index (χ0n) is 8.05. The predicted molar refractivity (Wildman–Crippen MR) is 50.5 cm³/mol. The molecule has 0 amide bonds. The molecule has 0 fully saturated rings. The molecule has 2 heteroatoms. The van der Waals surface area contributed by atoms with Crippen molar-refractivity contribution in [1.82, 2.24) is 0 Å². The molecule has 0 atom stereocenters. The maximum Gasteiger partial charge on any atom is 0.119 e. The maximum atomic E-state index is 9.28. The fourth-order valence-corrected chi connectivity index (χ4v) is 1.02. The van der Waals surface area contributed by atoms with Crippen LogP contribution >= 0.6 is 0 Å². The molecule has 1 aromatic rings. The third-order valence-corrected chi connectivity index (χ3v) is 1.78. The molecule has 0 unspecified atom stereocenters. The lowest BCUT2D eigenvalue weighted by atomic mass is 10.1. The average Bonchev–Trinajstić information content (AvgIpc) is 2.04. The fraction of sp³-hybridized carbons (Fsp3) is 0.400. The third-order valence-electron chi connectivity index (χ3n) is 1.78. The highest BCUT2D eigenvalue weighted by Crippen LogP contribution is 2.20. The summed E-state index contributed by atoms with van der Waals surface area (Å²) in [6.07, 6.45) is 0. The van der Waals surface area contributed by atoms with Crippen LogP contribution in [-0.2, 0) is 0 Å². The number of rotatable bonds is 0. The number of aryl methyl sites for hydroxylation is 2. The Labute approximate surface area is 73.5 Å². The number of aromatic hydroxyl groups is 1. The Morgan fingerprint density at radius 2 is 1.50 bits per heavy atom. The first-order valence-corrected chi connectivity index (χ1v) is 3.83. The van der Waals surface area contributed by atoms with Gasteiger partial charge in [0.2, 0.25) is 0 Å². The largest absolute Gasteiger partial charge is 0.508 e. The van der Waals surface area contributed by atoms with E-state index in [-0.39, 0.29) is 0 Å². The normalized spacial score (nSPS) is 8.75. The minimum absolute atomic E-state index is 0.400. The van der Waals surface area contributed by atoms with Crippen molar-refractivity contribution in [3.63, 3.8) is 0 Å². The quantitative estimate of drug-likeness (QED) is 0.621. The van der Waals surface area contributed by atoms with Gasteiger partial charge in [0.05, 0.1) is 0 Å². The van der Waals surface area contributed by atoms with E-state index in [1.807, 2.05) is 20.8 Å². The Morgan fingerprint density at radius 1 is 1.00 bits per heavy atom. The number of hydrogen-bond donors (Lipinski definition) is 2. The molecule has 0 aliphatic heterocycles. The first-order valence-electron chi connectivity index (χ1n) is 3.83. The molecule has 1 rings (SSSR count). The third kappa shape index (κ3) is 2.55. The maximum absolute atomic E-state index is 9.28. The van der Waals surface area contributed by atoms with Crippen molar-refractivity contribution in [2.24, 2.45) is 0 Å². The molecule has 1 aromatic carbocycles. The monoisotopic (exact) mass is 168 g/mol. The minimum atomic E-state index is 0.400. The van der Waals surface area contributed by atoms with Crippen LogP contribution in [0.4, 0.5) is 0 Å². The molecule has 0 aliphatic rings. The number of aliphatic hydroxyl groups excluding tert-OH is 1. The van der Waals surface area contributed by atoms with Gasteiger partial charge in [-0.1, -0.05) is 6.07 Å². The molecule has 0 spiro atoms. The van der Waals surface area contributed by atoms with E-state index in [0.717, 1.165) is 23.8 Å². The second-order valence-electron chi connectivity index (χ2n) is 2.73. The summed E-state index contributed by atoms with van der Waals surface area (Å²) in [7, 11) is 1.00. The highest BCUT2D eigenvalue weighted by atomic mass is 16.3. The van der Waals surface area contributed by atoms with Gasteiger partial charge in [0.1, 0.15) is 5.75 Å². The van der Waals surface area contributed by atoms with E-state index in [2.05, 4.69) is 6.07 Å². The highest BCUT2D eigenvalue weighted by Gasteiger charge is 1.98. The average molecular weight is 168 g/mol. The zero-order chi connectivity index (χ0) is 9.72. The summed E-state index contributed by atoms with van der Waals surface area (Å²) in [5.74, 6) is 0.400. The van der Waals surface area contributed by atoms with Crippen molar-refractivity contribution in [3.8, 4) is 5.75 Å². The molecule has 0 saturated carbocycles. The van der Waals surface area contributed by atoms with Gasteiger partial charge >= 0.3 is 0 Å². The summed E-state index contributed by atoms with van der Waals surface area (Å²) < 4.78 is 0. The van der Waals surface area contributed by atoms with Gasteiger partial charge < -0.3 is 10.2 Å². The zero-order valence-corrected chi connectivity index (χ0v) is 8.05. The lowest BCUT2D eigenvalue weighted by Gasteiger charge is -2.03. The number of phenols is 1. The van der Waals surface area contributed by atoms with Crippen LogP contribution in [-0.4, -0.2) is 17.3 Å². The summed E-state index contributed by atoms with van der Waals surface area (Å²) in [5, 5.41) is 16.3. The predicted octanol–water partition coefficient (Wildman–Crippen LogP) is 1.93. The van der Waals surface area contributed by atoms with Gasteiger partial charge in [0.15, 0.2) is 0 Å². The minimum Gasteiger partial charge on any atom is -0.508 e. The van der Waals surface area contributed by atoms with Crippen LogP contribution in [0.25, 0.3) is 0 Å². The summed E-state index contributed by atoms with van der Waals surface area (Å²) in [5.41, 5.74) is 3.24. The highest BCUT2D eigenvalue weighted by molar-refractivity contribution is 5.40. The topological polar surface area (TPSA) is 40.5 Å². The molecule has 68 valence electrons. The van der Waals surface area contributed by atoms with E-state index in [1.54, 1.807) is 6.07 Å². The Hall–Kier alpha value is -1.02. The van der Waals surface area contributed by atoms with E-state index in [0.29, 0.717) is 5.75 Å². The smallest absolute Gasteiger partial charge is 0.119 e. The fourth-order valence-electron chi connectivity index (χ4n) is 1.02. The van der Waals surface area contributed by atoms with Crippen molar-refractivity contribution < 1.29 is 10.2 Å². The Morgan fingerprint density at radius 3 is 1.92 bits per heavy atom. The molecule has 2 nitrogen and oxygen atoms in total. The van der Waals surface area contributed by atoms with Crippen LogP contribution in [0.2, 0.25) is 0 Å². The molecule has 0 aromatic heterocycles. The summed E-state index contributed by atoms with van der Waals surface area (Å²) in [6.45, 7) is 5.90. The molecule has 2 N–H and O–H groups in total. The summed E-state index contributed by atoms with van der Waals surface area (Å²) in [6, 6.07) is 3.84. The molecular formula is C10H16O2. The Kier molecular flexibility index (Phi) is 4.37. The first-order chi connectivity index (χ1) is 5.61. The van der Waals surface area contributed by atoms with Gasteiger partial charge in [-0.05, 0) is 43.5 Å². The van der Waals surface area contributed by atoms with Crippen molar-refractivity contribution in [3.05, 3.63) is 28.8 Å². The van der Waals surface area contributed by atoms with Crippen molar-refractivity contribution in [2.75, 3.05) is 7.11 Å². The van der Waals surface area contributed by atoms with Gasteiger partial charge in [0.25, 0.3) is 0 Å². The van der Waals surface area contributed by atoms with Crippen LogP contribution in [0.1, 0.15) is 16.7 Å². The molecule has 0 bridgehead atoms. The molecule has 0 aliphatic carbocycles. The number of phenolic OH excluding ortho intramolecular Hbond substituents is 1. The van der Waals surface area contributed by atoms with E-state index >= 15 is 0 Å². The van der Waals surface area contributed by atoms with Crippen molar-refractivity contribution >= 4 is 0 Å². The van der Waals surface area contributed by atoms with Crippen LogP contribution in [0.15, 0.2) is 12.1 Å². The second-order valence-corrected chi connectivity index (χ2v) is 2.73. The number of aliphatic hydroxyl groups is 1. The SMILES string of the molecule is CO.Cc1cc(C)c(C)c(O)c1. The molecular weight excluding hydrogens is 152 g/mol. The summed E-state index contributed by atoms with van der Waals surface area (Å²) in [4.78, 5) is 0. The molecule has 12 heavy (non-hydrogen) atoms. The number of hydrogen-bond acceptors (Lipinski definition) is 2. The van der Waals surface area contributed by atoms with Gasteiger partial charge in [-0.15, -0.1) is 0 Å². The first kappa shape index (κ1) is 11.0. The van der Waals surface area contributed by atoms with Gasteiger partial charge in [-0.25, -0.2) is 0 Å². The van der Waals surface area contributed by atoms with E-state index < -0.39 is 0 Å².